The summed E-state index contributed by atoms with van der Waals surface area (Å²) in [6.45, 7) is 0.375. The minimum atomic E-state index is -0.497. The number of hydrogen-bond acceptors (Lipinski definition) is 8. The second-order valence-corrected chi connectivity index (χ2v) is 6.55. The molecule has 26 heavy (non-hydrogen) atoms. The van der Waals surface area contributed by atoms with Gasteiger partial charge in [-0.3, -0.25) is 14.9 Å². The van der Waals surface area contributed by atoms with Crippen LogP contribution in [-0.2, 0) is 16.1 Å². The van der Waals surface area contributed by atoms with E-state index in [-0.39, 0.29) is 48.2 Å². The lowest BCUT2D eigenvalue weighted by atomic mass is 10.3. The van der Waals surface area contributed by atoms with Crippen LogP contribution in [0.3, 0.4) is 0 Å². The fourth-order valence-electron chi connectivity index (χ4n) is 2.03. The predicted molar refractivity (Wildman–Crippen MR) is 91.5 cm³/mol. The summed E-state index contributed by atoms with van der Waals surface area (Å²) in [4.78, 5) is 40.0. The Morgan fingerprint density at radius 3 is 2.96 bits per heavy atom. The zero-order valence-electron chi connectivity index (χ0n) is 13.3. The number of carbonyl (C=O) groups is 3. The van der Waals surface area contributed by atoms with E-state index >= 15 is 0 Å². The number of amides is 4. The van der Waals surface area contributed by atoms with Crippen LogP contribution in [0.2, 0.25) is 5.02 Å². The molecule has 136 valence electrons. The number of nitrogens with zero attached hydrogens (tertiary/aromatic N) is 4. The Morgan fingerprint density at radius 1 is 1.38 bits per heavy atom. The standard InChI is InChI=1S/C14H13ClN6O4S/c15-8-1-2-9(16-5-8)17-11(23)7-26-14-20-19-12(25-14)6-21-4-3-10(22)18-13(21)24/h1-2,5H,3-4,6-7H2,(H,16,17,23)(H,18,22,24). The predicted octanol–water partition coefficient (Wildman–Crippen LogP) is 1.29. The molecule has 0 radical (unpaired) electrons. The van der Waals surface area contributed by atoms with Gasteiger partial charge in [0.1, 0.15) is 12.4 Å². The summed E-state index contributed by atoms with van der Waals surface area (Å²) in [5.74, 6) is 0.0475. The molecule has 0 atom stereocenters. The van der Waals surface area contributed by atoms with Gasteiger partial charge in [0.2, 0.25) is 17.7 Å². The van der Waals surface area contributed by atoms with E-state index < -0.39 is 6.03 Å². The third-order valence-corrected chi connectivity index (χ3v) is 4.28. The number of anilines is 1. The van der Waals surface area contributed by atoms with Crippen molar-refractivity contribution >= 4 is 47.0 Å². The molecule has 2 N–H and O–H groups in total. The smallest absolute Gasteiger partial charge is 0.324 e. The molecule has 4 amide bonds. The highest BCUT2D eigenvalue weighted by atomic mass is 35.5. The highest BCUT2D eigenvalue weighted by molar-refractivity contribution is 7.99. The maximum atomic E-state index is 11.9. The zero-order chi connectivity index (χ0) is 18.5. The minimum Gasteiger partial charge on any atom is -0.414 e. The van der Waals surface area contributed by atoms with Crippen molar-refractivity contribution in [3.63, 3.8) is 0 Å². The number of carbonyl (C=O) groups excluding carboxylic acids is 3. The van der Waals surface area contributed by atoms with Gasteiger partial charge in [0.25, 0.3) is 5.22 Å². The molecule has 0 spiro atoms. The molecule has 0 aliphatic carbocycles. The molecule has 3 rings (SSSR count). The Bertz CT molecular complexity index is 827. The molecule has 0 unspecified atom stereocenters. The molecule has 2 aromatic rings. The quantitative estimate of drug-likeness (QED) is 0.698. The van der Waals surface area contributed by atoms with Crippen LogP contribution in [0.1, 0.15) is 12.3 Å². The van der Waals surface area contributed by atoms with Crippen LogP contribution < -0.4 is 10.6 Å². The first kappa shape index (κ1) is 18.1. The molecule has 0 bridgehead atoms. The molecule has 0 saturated carbocycles. The van der Waals surface area contributed by atoms with E-state index in [2.05, 4.69) is 25.8 Å². The van der Waals surface area contributed by atoms with Gasteiger partial charge >= 0.3 is 6.03 Å². The summed E-state index contributed by atoms with van der Waals surface area (Å²) < 4.78 is 5.40. The highest BCUT2D eigenvalue weighted by Gasteiger charge is 2.24. The summed E-state index contributed by atoms with van der Waals surface area (Å²) in [7, 11) is 0. The van der Waals surface area contributed by atoms with Gasteiger partial charge in [-0.15, -0.1) is 10.2 Å². The summed E-state index contributed by atoms with van der Waals surface area (Å²) in [6.07, 6.45) is 1.65. The number of nitrogens with one attached hydrogen (secondary N) is 2. The topological polar surface area (TPSA) is 130 Å². The Labute approximate surface area is 156 Å². The molecule has 2 aromatic heterocycles. The first-order valence-electron chi connectivity index (χ1n) is 7.45. The van der Waals surface area contributed by atoms with Gasteiger partial charge in [-0.1, -0.05) is 23.4 Å². The number of rotatable bonds is 6. The molecule has 1 aliphatic rings. The molecular weight excluding hydrogens is 384 g/mol. The number of pyridine rings is 1. The van der Waals surface area contributed by atoms with Gasteiger partial charge in [0.05, 0.1) is 10.8 Å². The van der Waals surface area contributed by atoms with Crippen molar-refractivity contribution < 1.29 is 18.8 Å². The summed E-state index contributed by atoms with van der Waals surface area (Å²) >= 11 is 6.78. The second kappa shape index (κ2) is 8.15. The summed E-state index contributed by atoms with van der Waals surface area (Å²) in [6, 6.07) is 2.71. The van der Waals surface area contributed by atoms with E-state index in [9.17, 15) is 14.4 Å². The maximum Gasteiger partial charge on any atom is 0.324 e. The molecule has 0 aromatic carbocycles. The van der Waals surface area contributed by atoms with Crippen molar-refractivity contribution in [2.24, 2.45) is 0 Å². The van der Waals surface area contributed by atoms with Crippen molar-refractivity contribution in [2.45, 2.75) is 18.2 Å². The van der Waals surface area contributed by atoms with Crippen LogP contribution in [0.5, 0.6) is 0 Å². The third-order valence-electron chi connectivity index (χ3n) is 3.24. The zero-order valence-corrected chi connectivity index (χ0v) is 14.8. The van der Waals surface area contributed by atoms with Crippen molar-refractivity contribution in [1.82, 2.24) is 25.4 Å². The lowest BCUT2D eigenvalue weighted by Gasteiger charge is -2.24. The van der Waals surface area contributed by atoms with Gasteiger partial charge in [0, 0.05) is 19.2 Å². The Hall–Kier alpha value is -2.66. The number of hydrogen-bond donors (Lipinski definition) is 2. The molecule has 12 heteroatoms. The van der Waals surface area contributed by atoms with E-state index in [1.165, 1.54) is 11.1 Å². The van der Waals surface area contributed by atoms with Crippen molar-refractivity contribution in [2.75, 3.05) is 17.6 Å². The van der Waals surface area contributed by atoms with E-state index in [0.717, 1.165) is 11.8 Å². The second-order valence-electron chi connectivity index (χ2n) is 5.19. The molecule has 3 heterocycles. The highest BCUT2D eigenvalue weighted by Crippen LogP contribution is 2.18. The Kier molecular flexibility index (Phi) is 5.68. The van der Waals surface area contributed by atoms with Gasteiger partial charge in [-0.05, 0) is 12.1 Å². The average Bonchev–Trinajstić information content (AvgIpc) is 3.05. The first-order valence-corrected chi connectivity index (χ1v) is 8.81. The fraction of sp³-hybridized carbons (Fsp3) is 0.286. The number of aromatic nitrogens is 3. The van der Waals surface area contributed by atoms with Crippen LogP contribution >= 0.6 is 23.4 Å². The third kappa shape index (κ3) is 4.92. The van der Waals surface area contributed by atoms with Crippen molar-refractivity contribution in [3.8, 4) is 0 Å². The van der Waals surface area contributed by atoms with Crippen molar-refractivity contribution in [1.29, 1.82) is 0 Å². The maximum absolute atomic E-state index is 11.9. The van der Waals surface area contributed by atoms with E-state index in [1.54, 1.807) is 12.1 Å². The lowest BCUT2D eigenvalue weighted by Crippen LogP contribution is -2.48. The largest absolute Gasteiger partial charge is 0.414 e. The van der Waals surface area contributed by atoms with Gasteiger partial charge in [0.15, 0.2) is 0 Å². The average molecular weight is 397 g/mol. The van der Waals surface area contributed by atoms with Crippen molar-refractivity contribution in [3.05, 3.63) is 29.2 Å². The minimum absolute atomic E-state index is 0.0463. The fourth-order valence-corrected chi connectivity index (χ4v) is 2.72. The number of halogens is 1. The SMILES string of the molecule is O=C1CCN(Cc2nnc(SCC(=O)Nc3ccc(Cl)cn3)o2)C(=O)N1. The van der Waals surface area contributed by atoms with Gasteiger partial charge in [-0.25, -0.2) is 9.78 Å². The van der Waals surface area contributed by atoms with Gasteiger partial charge in [-0.2, -0.15) is 0 Å². The Morgan fingerprint density at radius 2 is 2.23 bits per heavy atom. The number of thioether (sulfide) groups is 1. The molecule has 1 saturated heterocycles. The monoisotopic (exact) mass is 396 g/mol. The molecular formula is C14H13ClN6O4S. The van der Waals surface area contributed by atoms with Gasteiger partial charge < -0.3 is 14.6 Å². The van der Waals surface area contributed by atoms with Crippen LogP contribution in [0.4, 0.5) is 10.6 Å². The van der Waals surface area contributed by atoms with E-state index in [0.29, 0.717) is 10.8 Å². The first-order chi connectivity index (χ1) is 12.5. The van der Waals surface area contributed by atoms with Crippen LogP contribution in [0.15, 0.2) is 28.0 Å². The Balaban J connectivity index is 1.47. The number of urea groups is 1. The van der Waals surface area contributed by atoms with E-state index in [1.807, 2.05) is 0 Å². The molecule has 1 aliphatic heterocycles. The summed E-state index contributed by atoms with van der Waals surface area (Å²) in [5, 5.41) is 13.1. The van der Waals surface area contributed by atoms with Crippen LogP contribution in [0.25, 0.3) is 0 Å². The lowest BCUT2D eigenvalue weighted by molar-refractivity contribution is -0.121. The molecule has 1 fully saturated rings. The normalized spacial score (nSPS) is 14.3. The molecule has 10 nitrogen and oxygen atoms in total. The summed E-state index contributed by atoms with van der Waals surface area (Å²) in [5.41, 5.74) is 0. The van der Waals surface area contributed by atoms with E-state index in [4.69, 9.17) is 16.0 Å². The van der Waals surface area contributed by atoms with Crippen LogP contribution in [0, 0.1) is 0 Å². The van der Waals surface area contributed by atoms with Crippen LogP contribution in [-0.4, -0.2) is 50.2 Å². The number of imide groups is 1.